The minimum Gasteiger partial charge on any atom is -0.395 e. The van der Waals surface area contributed by atoms with Crippen LogP contribution in [-0.4, -0.2) is 42.6 Å². The zero-order valence-corrected chi connectivity index (χ0v) is 11.6. The first-order valence-electron chi connectivity index (χ1n) is 6.77. The predicted molar refractivity (Wildman–Crippen MR) is 76.9 cm³/mol. The molecule has 19 heavy (non-hydrogen) atoms. The number of nitrogen functional groups attached to an aromatic ring is 1. The van der Waals surface area contributed by atoms with Crippen LogP contribution in [0, 0.1) is 11.3 Å². The summed E-state index contributed by atoms with van der Waals surface area (Å²) in [5.74, 6) is 0.765. The van der Waals surface area contributed by atoms with Crippen molar-refractivity contribution in [2.75, 3.05) is 37.3 Å². The van der Waals surface area contributed by atoms with Crippen LogP contribution in [0.25, 0.3) is 0 Å². The fourth-order valence-electron chi connectivity index (χ4n) is 2.66. The van der Waals surface area contributed by atoms with Gasteiger partial charge in [0.05, 0.1) is 11.3 Å². The van der Waals surface area contributed by atoms with Crippen LogP contribution in [0.2, 0.25) is 0 Å². The van der Waals surface area contributed by atoms with E-state index >= 15 is 0 Å². The molecule has 1 aromatic rings. The van der Waals surface area contributed by atoms with Gasteiger partial charge < -0.3 is 15.5 Å². The summed E-state index contributed by atoms with van der Waals surface area (Å²) >= 11 is 0. The standard InChI is InChI=1S/C14H21N5/c1-3-12-10-18(2)7-4-8-19(12)14-13(16)11(9-15)5-6-17-14/h5-6,12H,3-4,7-8,10,16H2,1-2H3. The third-order valence-electron chi connectivity index (χ3n) is 3.73. The van der Waals surface area contributed by atoms with Gasteiger partial charge in [0.1, 0.15) is 6.07 Å². The van der Waals surface area contributed by atoms with Crippen molar-refractivity contribution >= 4 is 11.5 Å². The Balaban J connectivity index is 2.36. The van der Waals surface area contributed by atoms with Crippen molar-refractivity contribution in [2.24, 2.45) is 0 Å². The van der Waals surface area contributed by atoms with Crippen LogP contribution in [0.15, 0.2) is 12.3 Å². The van der Waals surface area contributed by atoms with E-state index in [4.69, 9.17) is 11.0 Å². The van der Waals surface area contributed by atoms with Crippen molar-refractivity contribution < 1.29 is 0 Å². The van der Waals surface area contributed by atoms with Crippen LogP contribution < -0.4 is 10.6 Å². The van der Waals surface area contributed by atoms with Gasteiger partial charge in [-0.05, 0) is 32.5 Å². The van der Waals surface area contributed by atoms with Crippen LogP contribution in [0.3, 0.4) is 0 Å². The van der Waals surface area contributed by atoms with E-state index in [2.05, 4.69) is 34.8 Å². The number of rotatable bonds is 2. The predicted octanol–water partition coefficient (Wildman–Crippen LogP) is 1.46. The zero-order valence-electron chi connectivity index (χ0n) is 11.6. The molecule has 5 heteroatoms. The van der Waals surface area contributed by atoms with Gasteiger partial charge >= 0.3 is 0 Å². The number of likely N-dealkylation sites (N-methyl/N-ethyl adjacent to an activating group) is 1. The number of nitrogens with zero attached hydrogens (tertiary/aromatic N) is 4. The Morgan fingerprint density at radius 3 is 3.00 bits per heavy atom. The lowest BCUT2D eigenvalue weighted by Gasteiger charge is -2.32. The van der Waals surface area contributed by atoms with E-state index in [-0.39, 0.29) is 0 Å². The highest BCUT2D eigenvalue weighted by Crippen LogP contribution is 2.27. The Hall–Kier alpha value is -1.80. The van der Waals surface area contributed by atoms with Gasteiger partial charge in [0, 0.05) is 25.3 Å². The molecule has 0 saturated carbocycles. The Kier molecular flexibility index (Phi) is 4.23. The lowest BCUT2D eigenvalue weighted by Crippen LogP contribution is -2.40. The van der Waals surface area contributed by atoms with Crippen molar-refractivity contribution in [2.45, 2.75) is 25.8 Å². The van der Waals surface area contributed by atoms with E-state index in [1.54, 1.807) is 12.3 Å². The van der Waals surface area contributed by atoms with Crippen molar-refractivity contribution in [3.63, 3.8) is 0 Å². The molecule has 2 N–H and O–H groups in total. The van der Waals surface area contributed by atoms with Crippen LogP contribution >= 0.6 is 0 Å². The molecule has 0 bridgehead atoms. The second kappa shape index (κ2) is 5.89. The van der Waals surface area contributed by atoms with Crippen molar-refractivity contribution in [3.8, 4) is 6.07 Å². The highest BCUT2D eigenvalue weighted by molar-refractivity contribution is 5.70. The first-order chi connectivity index (χ1) is 9.17. The molecule has 102 valence electrons. The topological polar surface area (TPSA) is 69.2 Å². The molecule has 0 spiro atoms. The van der Waals surface area contributed by atoms with E-state index < -0.39 is 0 Å². The summed E-state index contributed by atoms with van der Waals surface area (Å²) in [6.45, 7) is 5.22. The zero-order chi connectivity index (χ0) is 13.8. The largest absolute Gasteiger partial charge is 0.395 e. The molecular formula is C14H21N5. The average molecular weight is 259 g/mol. The molecular weight excluding hydrogens is 238 g/mol. The molecule has 1 aromatic heterocycles. The molecule has 1 unspecified atom stereocenters. The minimum absolute atomic E-state index is 0.399. The average Bonchev–Trinajstić information content (AvgIpc) is 2.60. The van der Waals surface area contributed by atoms with E-state index in [0.717, 1.165) is 38.3 Å². The molecule has 0 radical (unpaired) electrons. The van der Waals surface area contributed by atoms with Crippen LogP contribution in [0.4, 0.5) is 11.5 Å². The van der Waals surface area contributed by atoms with E-state index in [1.807, 2.05) is 0 Å². The Morgan fingerprint density at radius 2 is 2.32 bits per heavy atom. The van der Waals surface area contributed by atoms with Crippen molar-refractivity contribution in [3.05, 3.63) is 17.8 Å². The van der Waals surface area contributed by atoms with Gasteiger partial charge in [-0.3, -0.25) is 0 Å². The molecule has 0 aromatic carbocycles. The molecule has 1 fully saturated rings. The molecule has 5 nitrogen and oxygen atoms in total. The summed E-state index contributed by atoms with van der Waals surface area (Å²) in [5, 5.41) is 9.08. The van der Waals surface area contributed by atoms with Gasteiger partial charge in [0.15, 0.2) is 5.82 Å². The maximum atomic E-state index is 9.08. The summed E-state index contributed by atoms with van der Waals surface area (Å²) in [7, 11) is 2.15. The monoisotopic (exact) mass is 259 g/mol. The number of hydrogen-bond acceptors (Lipinski definition) is 5. The quantitative estimate of drug-likeness (QED) is 0.870. The molecule has 0 amide bonds. The highest BCUT2D eigenvalue weighted by Gasteiger charge is 2.25. The fraction of sp³-hybridized carbons (Fsp3) is 0.571. The van der Waals surface area contributed by atoms with Crippen LogP contribution in [-0.2, 0) is 0 Å². The molecule has 1 atom stereocenters. The molecule has 2 heterocycles. The number of nitrogens with two attached hydrogens (primary N) is 1. The number of pyridine rings is 1. The molecule has 2 rings (SSSR count). The third kappa shape index (κ3) is 2.79. The number of anilines is 2. The Morgan fingerprint density at radius 1 is 1.53 bits per heavy atom. The smallest absolute Gasteiger partial charge is 0.153 e. The first kappa shape index (κ1) is 13.6. The molecule has 1 aliphatic heterocycles. The Bertz CT molecular complexity index is 479. The SMILES string of the molecule is CCC1CN(C)CCCN1c1nccc(C#N)c1N. The second-order valence-electron chi connectivity index (χ2n) is 5.08. The van der Waals surface area contributed by atoms with Gasteiger partial charge in [-0.2, -0.15) is 5.26 Å². The second-order valence-corrected chi connectivity index (χ2v) is 5.08. The van der Waals surface area contributed by atoms with E-state index in [1.165, 1.54) is 0 Å². The third-order valence-corrected chi connectivity index (χ3v) is 3.73. The molecule has 1 aliphatic rings. The number of aromatic nitrogens is 1. The van der Waals surface area contributed by atoms with Crippen molar-refractivity contribution in [1.29, 1.82) is 5.26 Å². The fourth-order valence-corrected chi connectivity index (χ4v) is 2.66. The summed E-state index contributed by atoms with van der Waals surface area (Å²) < 4.78 is 0. The van der Waals surface area contributed by atoms with Crippen LogP contribution in [0.5, 0.6) is 0 Å². The van der Waals surface area contributed by atoms with E-state index in [0.29, 0.717) is 17.3 Å². The lowest BCUT2D eigenvalue weighted by molar-refractivity contribution is 0.328. The van der Waals surface area contributed by atoms with Gasteiger partial charge in [-0.15, -0.1) is 0 Å². The molecule has 1 saturated heterocycles. The molecule has 0 aliphatic carbocycles. The highest BCUT2D eigenvalue weighted by atomic mass is 15.3. The maximum absolute atomic E-state index is 9.08. The first-order valence-corrected chi connectivity index (χ1v) is 6.77. The van der Waals surface area contributed by atoms with Gasteiger partial charge in [0.2, 0.25) is 0 Å². The van der Waals surface area contributed by atoms with Gasteiger partial charge in [-0.1, -0.05) is 6.92 Å². The minimum atomic E-state index is 0.399. The van der Waals surface area contributed by atoms with Crippen molar-refractivity contribution in [1.82, 2.24) is 9.88 Å². The van der Waals surface area contributed by atoms with Gasteiger partial charge in [-0.25, -0.2) is 4.98 Å². The maximum Gasteiger partial charge on any atom is 0.153 e. The Labute approximate surface area is 114 Å². The van der Waals surface area contributed by atoms with Crippen LogP contribution in [0.1, 0.15) is 25.3 Å². The summed E-state index contributed by atoms with van der Waals surface area (Å²) in [4.78, 5) is 9.02. The summed E-state index contributed by atoms with van der Waals surface area (Å²) in [6, 6.07) is 4.20. The summed E-state index contributed by atoms with van der Waals surface area (Å²) in [5.41, 5.74) is 7.11. The normalized spacial score (nSPS) is 20.9. The lowest BCUT2D eigenvalue weighted by atomic mass is 10.1. The number of hydrogen-bond donors (Lipinski definition) is 1. The van der Waals surface area contributed by atoms with Gasteiger partial charge in [0.25, 0.3) is 0 Å². The number of nitriles is 1. The van der Waals surface area contributed by atoms with E-state index in [9.17, 15) is 0 Å². The summed E-state index contributed by atoms with van der Waals surface area (Å²) in [6.07, 6.45) is 3.80.